The lowest BCUT2D eigenvalue weighted by atomic mass is 10.2. The molecular formula is C17H15N5O3S. The molecule has 9 heteroatoms. The van der Waals surface area contributed by atoms with Gasteiger partial charge in [-0.25, -0.2) is 0 Å². The normalized spacial score (nSPS) is 10.5. The minimum Gasteiger partial charge on any atom is -0.325 e. The van der Waals surface area contributed by atoms with E-state index in [4.69, 9.17) is 0 Å². The molecular weight excluding hydrogens is 354 g/mol. The van der Waals surface area contributed by atoms with Gasteiger partial charge in [0.15, 0.2) is 5.16 Å². The molecule has 0 fully saturated rings. The molecule has 0 spiro atoms. The SMILES string of the molecule is Cc1ccc(-n2cnnc2SCC(=O)Nc2cccc([N+](=O)[O-])c2)cc1. The fourth-order valence-electron chi connectivity index (χ4n) is 2.23. The zero-order chi connectivity index (χ0) is 18.5. The number of hydrogen-bond acceptors (Lipinski definition) is 6. The highest BCUT2D eigenvalue weighted by Crippen LogP contribution is 2.21. The first-order valence-corrected chi connectivity index (χ1v) is 8.65. The quantitative estimate of drug-likeness (QED) is 0.406. The number of anilines is 1. The van der Waals surface area contributed by atoms with E-state index in [1.807, 2.05) is 31.2 Å². The van der Waals surface area contributed by atoms with E-state index in [1.54, 1.807) is 17.0 Å². The van der Waals surface area contributed by atoms with Crippen LogP contribution in [0, 0.1) is 17.0 Å². The molecule has 8 nitrogen and oxygen atoms in total. The van der Waals surface area contributed by atoms with Crippen LogP contribution in [-0.4, -0.2) is 31.3 Å². The number of amides is 1. The van der Waals surface area contributed by atoms with E-state index in [0.717, 1.165) is 11.3 Å². The summed E-state index contributed by atoms with van der Waals surface area (Å²) in [6.07, 6.45) is 1.59. The maximum absolute atomic E-state index is 12.1. The van der Waals surface area contributed by atoms with Gasteiger partial charge in [0.25, 0.3) is 5.69 Å². The van der Waals surface area contributed by atoms with Crippen molar-refractivity contribution >= 4 is 29.0 Å². The van der Waals surface area contributed by atoms with Crippen molar-refractivity contribution in [2.45, 2.75) is 12.1 Å². The van der Waals surface area contributed by atoms with Crippen LogP contribution in [0.15, 0.2) is 60.0 Å². The standard InChI is InChI=1S/C17H15N5O3S/c1-12-5-7-14(8-6-12)21-11-18-20-17(21)26-10-16(23)19-13-3-2-4-15(9-13)22(24)25/h2-9,11H,10H2,1H3,(H,19,23). The molecule has 0 aliphatic rings. The van der Waals surface area contributed by atoms with Gasteiger partial charge < -0.3 is 5.32 Å². The summed E-state index contributed by atoms with van der Waals surface area (Å²) in [5, 5.41) is 22.0. The molecule has 26 heavy (non-hydrogen) atoms. The number of benzene rings is 2. The van der Waals surface area contributed by atoms with Crippen molar-refractivity contribution in [1.82, 2.24) is 14.8 Å². The lowest BCUT2D eigenvalue weighted by molar-refractivity contribution is -0.384. The van der Waals surface area contributed by atoms with Crippen molar-refractivity contribution in [2.75, 3.05) is 11.1 Å². The number of carbonyl (C=O) groups excluding carboxylic acids is 1. The number of thioether (sulfide) groups is 1. The molecule has 0 radical (unpaired) electrons. The third-order valence-electron chi connectivity index (χ3n) is 3.50. The Labute approximate surface area is 153 Å². The Kier molecular flexibility index (Phi) is 5.28. The fourth-order valence-corrected chi connectivity index (χ4v) is 2.96. The molecule has 3 rings (SSSR count). The summed E-state index contributed by atoms with van der Waals surface area (Å²) < 4.78 is 1.80. The second kappa shape index (κ2) is 7.79. The molecule has 132 valence electrons. The summed E-state index contributed by atoms with van der Waals surface area (Å²) in [7, 11) is 0. The second-order valence-corrected chi connectivity index (χ2v) is 6.41. The number of rotatable bonds is 6. The van der Waals surface area contributed by atoms with E-state index < -0.39 is 4.92 Å². The van der Waals surface area contributed by atoms with Gasteiger partial charge in [-0.05, 0) is 25.1 Å². The average Bonchev–Trinajstić information content (AvgIpc) is 3.09. The van der Waals surface area contributed by atoms with Gasteiger partial charge in [0.2, 0.25) is 5.91 Å². The zero-order valence-corrected chi connectivity index (χ0v) is 14.6. The lowest BCUT2D eigenvalue weighted by Gasteiger charge is -2.07. The van der Waals surface area contributed by atoms with Crippen molar-refractivity contribution in [3.05, 3.63) is 70.5 Å². The minimum atomic E-state index is -0.506. The number of nitro benzene ring substituents is 1. The van der Waals surface area contributed by atoms with Crippen LogP contribution in [0.5, 0.6) is 0 Å². The van der Waals surface area contributed by atoms with Gasteiger partial charge in [-0.1, -0.05) is 35.5 Å². The van der Waals surface area contributed by atoms with Crippen LogP contribution in [-0.2, 0) is 4.79 Å². The molecule has 0 bridgehead atoms. The Morgan fingerprint density at radius 2 is 2.04 bits per heavy atom. The molecule has 0 atom stereocenters. The molecule has 1 amide bonds. The van der Waals surface area contributed by atoms with Gasteiger partial charge in [0, 0.05) is 23.5 Å². The smallest absolute Gasteiger partial charge is 0.271 e. The van der Waals surface area contributed by atoms with E-state index in [0.29, 0.717) is 10.8 Å². The topological polar surface area (TPSA) is 103 Å². The van der Waals surface area contributed by atoms with Gasteiger partial charge >= 0.3 is 0 Å². The zero-order valence-electron chi connectivity index (χ0n) is 13.8. The largest absolute Gasteiger partial charge is 0.325 e. The summed E-state index contributed by atoms with van der Waals surface area (Å²) in [6.45, 7) is 2.00. The van der Waals surface area contributed by atoms with Crippen molar-refractivity contribution in [3.8, 4) is 5.69 Å². The summed E-state index contributed by atoms with van der Waals surface area (Å²) >= 11 is 1.23. The van der Waals surface area contributed by atoms with Crippen molar-refractivity contribution in [3.63, 3.8) is 0 Å². The molecule has 0 aliphatic carbocycles. The van der Waals surface area contributed by atoms with Crippen LogP contribution >= 0.6 is 11.8 Å². The van der Waals surface area contributed by atoms with E-state index in [-0.39, 0.29) is 17.3 Å². The Hall–Kier alpha value is -3.20. The molecule has 0 aliphatic heterocycles. The van der Waals surface area contributed by atoms with Crippen LogP contribution in [0.4, 0.5) is 11.4 Å². The molecule has 1 aromatic heterocycles. The van der Waals surface area contributed by atoms with Gasteiger partial charge in [0.1, 0.15) is 6.33 Å². The molecule has 0 saturated heterocycles. The number of non-ortho nitro benzene ring substituents is 1. The van der Waals surface area contributed by atoms with Crippen molar-refractivity contribution in [1.29, 1.82) is 0 Å². The highest BCUT2D eigenvalue weighted by molar-refractivity contribution is 7.99. The third kappa shape index (κ3) is 4.25. The number of carbonyl (C=O) groups is 1. The third-order valence-corrected chi connectivity index (χ3v) is 4.44. The first kappa shape index (κ1) is 17.6. The maximum atomic E-state index is 12.1. The number of nitro groups is 1. The number of hydrogen-bond donors (Lipinski definition) is 1. The molecule has 0 saturated carbocycles. The van der Waals surface area contributed by atoms with Gasteiger partial charge in [-0.2, -0.15) is 0 Å². The predicted molar refractivity (Wildman–Crippen MR) is 98.5 cm³/mol. The Bertz CT molecular complexity index is 940. The monoisotopic (exact) mass is 369 g/mol. The first-order valence-electron chi connectivity index (χ1n) is 7.67. The van der Waals surface area contributed by atoms with E-state index in [9.17, 15) is 14.9 Å². The van der Waals surface area contributed by atoms with Crippen LogP contribution in [0.3, 0.4) is 0 Å². The molecule has 0 unspecified atom stereocenters. The number of aryl methyl sites for hydroxylation is 1. The number of nitrogens with zero attached hydrogens (tertiary/aromatic N) is 4. The number of aromatic nitrogens is 3. The van der Waals surface area contributed by atoms with Crippen LogP contribution in [0.1, 0.15) is 5.56 Å². The highest BCUT2D eigenvalue weighted by atomic mass is 32.2. The van der Waals surface area contributed by atoms with E-state index in [2.05, 4.69) is 15.5 Å². The van der Waals surface area contributed by atoms with Gasteiger partial charge in [-0.15, -0.1) is 10.2 Å². The molecule has 1 N–H and O–H groups in total. The summed E-state index contributed by atoms with van der Waals surface area (Å²) in [4.78, 5) is 22.4. The van der Waals surface area contributed by atoms with Crippen LogP contribution in [0.2, 0.25) is 0 Å². The second-order valence-electron chi connectivity index (χ2n) is 5.46. The van der Waals surface area contributed by atoms with Gasteiger partial charge in [0.05, 0.1) is 10.7 Å². The minimum absolute atomic E-state index is 0.0745. The summed E-state index contributed by atoms with van der Waals surface area (Å²) in [6, 6.07) is 13.7. The van der Waals surface area contributed by atoms with E-state index in [1.165, 1.54) is 30.0 Å². The van der Waals surface area contributed by atoms with Crippen LogP contribution < -0.4 is 5.32 Å². The van der Waals surface area contributed by atoms with Crippen molar-refractivity contribution in [2.24, 2.45) is 0 Å². The number of nitrogens with one attached hydrogen (secondary N) is 1. The highest BCUT2D eigenvalue weighted by Gasteiger charge is 2.12. The summed E-state index contributed by atoms with van der Waals surface area (Å²) in [5.74, 6) is -0.179. The average molecular weight is 369 g/mol. The lowest BCUT2D eigenvalue weighted by Crippen LogP contribution is -2.14. The van der Waals surface area contributed by atoms with E-state index >= 15 is 0 Å². The summed E-state index contributed by atoms with van der Waals surface area (Å²) in [5.41, 5.74) is 2.36. The predicted octanol–water partition coefficient (Wildman–Crippen LogP) is 3.21. The van der Waals surface area contributed by atoms with Crippen molar-refractivity contribution < 1.29 is 9.72 Å². The molecule has 2 aromatic carbocycles. The molecule has 3 aromatic rings. The van der Waals surface area contributed by atoms with Gasteiger partial charge in [-0.3, -0.25) is 19.5 Å². The Morgan fingerprint density at radius 1 is 1.27 bits per heavy atom. The first-order chi connectivity index (χ1) is 12.5. The maximum Gasteiger partial charge on any atom is 0.271 e. The molecule has 1 heterocycles. The Morgan fingerprint density at radius 3 is 2.77 bits per heavy atom. The fraction of sp³-hybridized carbons (Fsp3) is 0.118. The Balaban J connectivity index is 1.64. The van der Waals surface area contributed by atoms with Crippen LogP contribution in [0.25, 0.3) is 5.69 Å².